The fourth-order valence-corrected chi connectivity index (χ4v) is 2.57. The number of unbranched alkanes of at least 4 members (excludes halogenated alkanes) is 1. The van der Waals surface area contributed by atoms with Gasteiger partial charge >= 0.3 is 0 Å². The van der Waals surface area contributed by atoms with Gasteiger partial charge in [-0.3, -0.25) is 4.98 Å². The van der Waals surface area contributed by atoms with Crippen LogP contribution in [0.2, 0.25) is 0 Å². The van der Waals surface area contributed by atoms with Crippen LogP contribution in [0, 0.1) is 0 Å². The number of nitrogens with zero attached hydrogens (tertiary/aromatic N) is 4. The normalized spacial score (nSPS) is 10.8. The molecule has 0 N–H and O–H groups in total. The second-order valence-electron chi connectivity index (χ2n) is 5.58. The van der Waals surface area contributed by atoms with Crippen LogP contribution in [0.1, 0.15) is 12.8 Å². The zero-order valence-corrected chi connectivity index (χ0v) is 13.0. The molecule has 0 fully saturated rings. The number of hydrogen-bond acceptors (Lipinski definition) is 1. The first-order valence-electron chi connectivity index (χ1n) is 7.72. The van der Waals surface area contributed by atoms with Crippen molar-refractivity contribution in [1.29, 1.82) is 0 Å². The van der Waals surface area contributed by atoms with E-state index < -0.39 is 0 Å². The summed E-state index contributed by atoms with van der Waals surface area (Å²) in [4.78, 5) is 4.06. The van der Waals surface area contributed by atoms with Crippen LogP contribution in [0.3, 0.4) is 0 Å². The molecule has 0 aliphatic heterocycles. The Kier molecular flexibility index (Phi) is 4.59. The highest BCUT2D eigenvalue weighted by Gasteiger charge is 2.04. The molecule has 22 heavy (non-hydrogen) atoms. The van der Waals surface area contributed by atoms with Gasteiger partial charge in [0, 0.05) is 30.9 Å². The van der Waals surface area contributed by atoms with Crippen LogP contribution in [-0.2, 0) is 20.1 Å². The molecule has 0 radical (unpaired) electrons. The smallest absolute Gasteiger partial charge is 0.243 e. The molecule has 0 saturated carbocycles. The third-order valence-electron chi connectivity index (χ3n) is 3.81. The number of aromatic nitrogens is 4. The van der Waals surface area contributed by atoms with Crippen LogP contribution in [-0.4, -0.2) is 9.55 Å². The number of hydrogen-bond donors (Lipinski definition) is 0. The molecule has 0 atom stereocenters. The third kappa shape index (κ3) is 3.79. The molecule has 0 saturated heterocycles. The van der Waals surface area contributed by atoms with Gasteiger partial charge in [-0.05, 0) is 29.7 Å². The van der Waals surface area contributed by atoms with Crippen molar-refractivity contribution in [3.05, 3.63) is 67.8 Å². The summed E-state index contributed by atoms with van der Waals surface area (Å²) in [7, 11) is 2.05. The van der Waals surface area contributed by atoms with E-state index in [2.05, 4.69) is 69.0 Å². The first kappa shape index (κ1) is 14.4. The average molecular weight is 294 g/mol. The number of rotatable bonds is 6. The Morgan fingerprint density at radius 3 is 2.36 bits per heavy atom. The first-order valence-corrected chi connectivity index (χ1v) is 7.72. The summed E-state index contributed by atoms with van der Waals surface area (Å²) in [6, 6.07) is 8.41. The summed E-state index contributed by atoms with van der Waals surface area (Å²) in [5.74, 6) is 0. The lowest BCUT2D eigenvalue weighted by molar-refractivity contribution is -0.697. The van der Waals surface area contributed by atoms with E-state index in [4.69, 9.17) is 0 Å². The highest BCUT2D eigenvalue weighted by molar-refractivity contribution is 5.61. The summed E-state index contributed by atoms with van der Waals surface area (Å²) < 4.78 is 6.56. The molecule has 4 heteroatoms. The zero-order chi connectivity index (χ0) is 15.2. The Labute approximate surface area is 131 Å². The monoisotopic (exact) mass is 294 g/mol. The Morgan fingerprint density at radius 1 is 0.955 bits per heavy atom. The van der Waals surface area contributed by atoms with Crippen molar-refractivity contribution in [3.8, 4) is 11.1 Å². The number of imidazole rings is 1. The van der Waals surface area contributed by atoms with Crippen molar-refractivity contribution in [3.63, 3.8) is 0 Å². The summed E-state index contributed by atoms with van der Waals surface area (Å²) in [5, 5.41) is 0. The Hall–Kier alpha value is -2.49. The van der Waals surface area contributed by atoms with Crippen LogP contribution >= 0.6 is 0 Å². The van der Waals surface area contributed by atoms with E-state index in [1.54, 1.807) is 0 Å². The standard InChI is InChI=1S/C18H22N4/c1-20-14-15-22(16-20)11-3-2-10-21-12-6-18(7-13-21)17-4-8-19-9-5-17/h4-9,12-16H,2-3,10-11H2,1H3/q+2. The van der Waals surface area contributed by atoms with Crippen molar-refractivity contribution in [2.45, 2.75) is 25.9 Å². The van der Waals surface area contributed by atoms with Gasteiger partial charge in [-0.25, -0.2) is 13.7 Å². The maximum absolute atomic E-state index is 4.06. The van der Waals surface area contributed by atoms with E-state index in [0.717, 1.165) is 13.1 Å². The lowest BCUT2D eigenvalue weighted by Gasteiger charge is -2.01. The summed E-state index contributed by atoms with van der Waals surface area (Å²) in [5.41, 5.74) is 2.45. The van der Waals surface area contributed by atoms with Gasteiger partial charge in [0.15, 0.2) is 12.4 Å². The van der Waals surface area contributed by atoms with Gasteiger partial charge in [-0.1, -0.05) is 0 Å². The second kappa shape index (κ2) is 6.98. The molecule has 0 bridgehead atoms. The molecular formula is C18H22N4+2. The lowest BCUT2D eigenvalue weighted by Crippen LogP contribution is -2.32. The molecule has 3 aromatic rings. The van der Waals surface area contributed by atoms with Crippen LogP contribution in [0.4, 0.5) is 0 Å². The highest BCUT2D eigenvalue weighted by Crippen LogP contribution is 2.15. The number of pyridine rings is 2. The minimum atomic E-state index is 1.06. The highest BCUT2D eigenvalue weighted by atomic mass is 15.1. The predicted molar refractivity (Wildman–Crippen MR) is 84.7 cm³/mol. The molecular weight excluding hydrogens is 272 g/mol. The van der Waals surface area contributed by atoms with Gasteiger partial charge in [0.25, 0.3) is 0 Å². The molecule has 0 unspecified atom stereocenters. The zero-order valence-electron chi connectivity index (χ0n) is 13.0. The van der Waals surface area contributed by atoms with Gasteiger partial charge in [0.1, 0.15) is 18.9 Å². The molecule has 0 spiro atoms. The topological polar surface area (TPSA) is 25.6 Å². The second-order valence-corrected chi connectivity index (χ2v) is 5.58. The first-order chi connectivity index (χ1) is 10.8. The van der Waals surface area contributed by atoms with Gasteiger partial charge < -0.3 is 0 Å². The minimum absolute atomic E-state index is 1.06. The molecule has 0 amide bonds. The van der Waals surface area contributed by atoms with E-state index in [1.807, 2.05) is 24.5 Å². The summed E-state index contributed by atoms with van der Waals surface area (Å²) >= 11 is 0. The van der Waals surface area contributed by atoms with Gasteiger partial charge in [-0.15, -0.1) is 0 Å². The van der Waals surface area contributed by atoms with E-state index in [0.29, 0.717) is 0 Å². The number of aryl methyl sites for hydroxylation is 3. The van der Waals surface area contributed by atoms with Gasteiger partial charge in [-0.2, -0.15) is 0 Å². The molecule has 0 aliphatic rings. The molecule has 3 aromatic heterocycles. The van der Waals surface area contributed by atoms with Crippen LogP contribution in [0.25, 0.3) is 11.1 Å². The van der Waals surface area contributed by atoms with Crippen molar-refractivity contribution < 1.29 is 9.13 Å². The fourth-order valence-electron chi connectivity index (χ4n) is 2.57. The summed E-state index contributed by atoms with van der Waals surface area (Å²) in [6.45, 7) is 2.14. The average Bonchev–Trinajstić information content (AvgIpc) is 2.98. The Morgan fingerprint density at radius 2 is 1.68 bits per heavy atom. The van der Waals surface area contributed by atoms with E-state index in [-0.39, 0.29) is 0 Å². The van der Waals surface area contributed by atoms with Crippen molar-refractivity contribution in [2.24, 2.45) is 7.05 Å². The molecule has 112 valence electrons. The SMILES string of the molecule is C[n+]1ccn(CCCC[n+]2ccc(-c3ccncc3)cc2)c1. The van der Waals surface area contributed by atoms with Gasteiger partial charge in [0.05, 0.1) is 13.6 Å². The van der Waals surface area contributed by atoms with Crippen LogP contribution in [0.15, 0.2) is 67.8 Å². The maximum Gasteiger partial charge on any atom is 0.243 e. The van der Waals surface area contributed by atoms with Crippen LogP contribution in [0.5, 0.6) is 0 Å². The largest absolute Gasteiger partial charge is 0.265 e. The van der Waals surface area contributed by atoms with E-state index in [1.165, 1.54) is 24.0 Å². The molecule has 0 aliphatic carbocycles. The lowest BCUT2D eigenvalue weighted by atomic mass is 10.1. The van der Waals surface area contributed by atoms with Crippen LogP contribution < -0.4 is 9.13 Å². The minimum Gasteiger partial charge on any atom is -0.265 e. The fraction of sp³-hybridized carbons (Fsp3) is 0.278. The molecule has 4 nitrogen and oxygen atoms in total. The molecule has 3 rings (SSSR count). The van der Waals surface area contributed by atoms with Gasteiger partial charge in [0.2, 0.25) is 6.33 Å². The third-order valence-corrected chi connectivity index (χ3v) is 3.81. The van der Waals surface area contributed by atoms with Crippen molar-refractivity contribution >= 4 is 0 Å². The Balaban J connectivity index is 1.49. The summed E-state index contributed by atoms with van der Waals surface area (Å²) in [6.07, 6.45) is 16.7. The molecule has 3 heterocycles. The van der Waals surface area contributed by atoms with E-state index >= 15 is 0 Å². The maximum atomic E-state index is 4.06. The van der Waals surface area contributed by atoms with Crippen molar-refractivity contribution in [2.75, 3.05) is 0 Å². The van der Waals surface area contributed by atoms with E-state index in [9.17, 15) is 0 Å². The van der Waals surface area contributed by atoms with Crippen molar-refractivity contribution in [1.82, 2.24) is 9.55 Å². The quantitative estimate of drug-likeness (QED) is 0.505. The molecule has 0 aromatic carbocycles. The predicted octanol–water partition coefficient (Wildman–Crippen LogP) is 2.14. The Bertz CT molecular complexity index is 701.